The number of aliphatic hydroxyl groups is 1. The highest BCUT2D eigenvalue weighted by Gasteiger charge is 2.53. The molecule has 4 aromatic rings. The van der Waals surface area contributed by atoms with Crippen molar-refractivity contribution in [3.8, 4) is 5.75 Å². The molecule has 2 atom stereocenters. The number of aliphatic hydroxyl groups excluding tert-OH is 1. The molecule has 1 amide bonds. The molecule has 0 radical (unpaired) electrons. The summed E-state index contributed by atoms with van der Waals surface area (Å²) in [7, 11) is 0. The van der Waals surface area contributed by atoms with Crippen molar-refractivity contribution in [1.82, 2.24) is 10.9 Å². The number of nitrogens with zero attached hydrogens (tertiary/aromatic N) is 4. The Labute approximate surface area is 287 Å². The summed E-state index contributed by atoms with van der Waals surface area (Å²) in [6.45, 7) is -0.377. The number of halogens is 6. The maximum Gasteiger partial charge on any atom is 0.416 e. The Morgan fingerprint density at radius 3 is 2.22 bits per heavy atom. The number of azide groups is 1. The second-order valence-corrected chi connectivity index (χ2v) is 11.4. The number of alkyl halides is 6. The van der Waals surface area contributed by atoms with Gasteiger partial charge in [-0.25, -0.2) is 10.4 Å². The van der Waals surface area contributed by atoms with Gasteiger partial charge in [-0.15, -0.1) is 0 Å². The predicted octanol–water partition coefficient (Wildman–Crippen LogP) is 7.75. The van der Waals surface area contributed by atoms with E-state index in [1.165, 1.54) is 6.07 Å². The molecule has 1 aliphatic heterocycles. The molecule has 5 rings (SSSR count). The summed E-state index contributed by atoms with van der Waals surface area (Å²) in [4.78, 5) is 22.1. The molecule has 0 aromatic heterocycles. The first-order chi connectivity index (χ1) is 24.3. The Balaban J connectivity index is 1.54. The third kappa shape index (κ3) is 8.78. The molecule has 10 nitrogen and oxygen atoms in total. The molecule has 1 aliphatic rings. The highest BCUT2D eigenvalue weighted by atomic mass is 19.4. The predicted molar refractivity (Wildman–Crippen MR) is 174 cm³/mol. The van der Waals surface area contributed by atoms with Crippen molar-refractivity contribution in [3.63, 3.8) is 0 Å². The molecular formula is C35H30F6N6O4. The fraction of sp³-hybridized carbons (Fsp3) is 0.257. The molecule has 0 spiro atoms. The minimum atomic E-state index is -5.05. The van der Waals surface area contributed by atoms with Crippen LogP contribution in [0.5, 0.6) is 5.75 Å². The second kappa shape index (κ2) is 15.5. The van der Waals surface area contributed by atoms with Crippen LogP contribution in [0.4, 0.5) is 32.0 Å². The Morgan fingerprint density at radius 1 is 0.941 bits per heavy atom. The lowest BCUT2D eigenvalue weighted by atomic mass is 9.81. The number of nitrogens with one attached hydrogen (secondary N) is 2. The third-order valence-electron chi connectivity index (χ3n) is 7.88. The van der Waals surface area contributed by atoms with Crippen LogP contribution in [0.1, 0.15) is 45.9 Å². The van der Waals surface area contributed by atoms with Gasteiger partial charge in [0.1, 0.15) is 5.75 Å². The molecule has 3 N–H and O–H groups in total. The van der Waals surface area contributed by atoms with Crippen LogP contribution in [0.2, 0.25) is 0 Å². The van der Waals surface area contributed by atoms with E-state index >= 15 is 0 Å². The number of carbonyl (C=O) groups excluding carboxylic acids is 1. The van der Waals surface area contributed by atoms with Crippen LogP contribution in [0.15, 0.2) is 107 Å². The lowest BCUT2D eigenvalue weighted by molar-refractivity contribution is -0.143. The van der Waals surface area contributed by atoms with Gasteiger partial charge in [0, 0.05) is 42.2 Å². The number of ether oxygens (including phenoxy) is 2. The summed E-state index contributed by atoms with van der Waals surface area (Å²) in [6.07, 6.45) is -11.0. The van der Waals surface area contributed by atoms with Gasteiger partial charge in [0.2, 0.25) is 5.90 Å². The summed E-state index contributed by atoms with van der Waals surface area (Å²) in [5.41, 5.74) is 10.4. The summed E-state index contributed by atoms with van der Waals surface area (Å²) in [5.74, 6) is -0.283. The van der Waals surface area contributed by atoms with Crippen molar-refractivity contribution >= 4 is 17.5 Å². The van der Waals surface area contributed by atoms with Crippen molar-refractivity contribution < 1.29 is 45.7 Å². The molecule has 0 saturated heterocycles. The van der Waals surface area contributed by atoms with Gasteiger partial charge in [-0.2, -0.15) is 26.3 Å². The van der Waals surface area contributed by atoms with Gasteiger partial charge in [0.05, 0.1) is 17.7 Å². The summed E-state index contributed by atoms with van der Waals surface area (Å²) in [5, 5.41) is 12.8. The summed E-state index contributed by atoms with van der Waals surface area (Å²) in [6, 6.07) is 22.8. The number of carbonyl (C=O) groups is 1. The van der Waals surface area contributed by atoms with Crippen LogP contribution >= 0.6 is 0 Å². The van der Waals surface area contributed by atoms with E-state index in [1.54, 1.807) is 72.8 Å². The maximum absolute atomic E-state index is 14.4. The summed E-state index contributed by atoms with van der Waals surface area (Å²) >= 11 is 0. The number of hydrazine groups is 1. The van der Waals surface area contributed by atoms with Gasteiger partial charge >= 0.3 is 12.4 Å². The van der Waals surface area contributed by atoms with Gasteiger partial charge in [0.25, 0.3) is 5.91 Å². The van der Waals surface area contributed by atoms with Crippen molar-refractivity contribution in [1.29, 1.82) is 0 Å². The van der Waals surface area contributed by atoms with Gasteiger partial charge in [-0.3, -0.25) is 10.2 Å². The van der Waals surface area contributed by atoms with Crippen molar-refractivity contribution in [2.24, 2.45) is 10.1 Å². The van der Waals surface area contributed by atoms with E-state index in [4.69, 9.17) is 19.6 Å². The minimum absolute atomic E-state index is 0.0165. The zero-order valence-electron chi connectivity index (χ0n) is 26.6. The largest absolute Gasteiger partial charge is 0.494 e. The molecule has 0 bridgehead atoms. The number of benzene rings is 4. The van der Waals surface area contributed by atoms with E-state index < -0.39 is 53.1 Å². The molecule has 1 heterocycles. The van der Waals surface area contributed by atoms with Gasteiger partial charge < -0.3 is 14.6 Å². The SMILES string of the molecule is [N-]=[N+]=Nc1ccccc1C[C@]1(C(=O)NNCc2cc(C(F)(F)F)cc(C(F)(F)F)c2)N=C(c2ccc(OCCCO)cc2)O[C@H]1c1ccccc1. The van der Waals surface area contributed by atoms with E-state index in [9.17, 15) is 36.7 Å². The highest BCUT2D eigenvalue weighted by Crippen LogP contribution is 2.44. The first-order valence-electron chi connectivity index (χ1n) is 15.4. The van der Waals surface area contributed by atoms with E-state index in [0.717, 1.165) is 0 Å². The molecule has 266 valence electrons. The average Bonchev–Trinajstić information content (AvgIpc) is 3.49. The van der Waals surface area contributed by atoms with Crippen LogP contribution < -0.4 is 15.6 Å². The number of aliphatic imine (C=N–C) groups is 1. The first-order valence-corrected chi connectivity index (χ1v) is 15.4. The quantitative estimate of drug-likeness (QED) is 0.0325. The zero-order valence-corrected chi connectivity index (χ0v) is 26.6. The minimum Gasteiger partial charge on any atom is -0.494 e. The molecule has 4 aromatic carbocycles. The Bertz CT molecular complexity index is 1880. The zero-order chi connectivity index (χ0) is 36.6. The lowest BCUT2D eigenvalue weighted by Crippen LogP contribution is -2.53. The Morgan fingerprint density at radius 2 is 1.59 bits per heavy atom. The van der Waals surface area contributed by atoms with E-state index in [2.05, 4.69) is 20.9 Å². The van der Waals surface area contributed by atoms with Crippen molar-refractivity contribution in [2.45, 2.75) is 43.4 Å². The standard InChI is InChI=1S/C35H30F6N6O4/c36-34(37,38)26-17-22(18-27(19-26)35(39,40)41)21-43-46-32(49)33(20-25-9-4-5-10-29(25)45-47-42)30(23-7-2-1-3-8-23)51-31(44-33)24-11-13-28(14-12-24)50-16-6-15-48/h1-5,7-14,17-19,30,43,48H,6,15-16,20-21H2,(H,46,49)/t30-,33-/m0/s1. The van der Waals surface area contributed by atoms with Crippen LogP contribution in [-0.2, 0) is 34.8 Å². The molecule has 0 saturated carbocycles. The van der Waals surface area contributed by atoms with Crippen LogP contribution in [0, 0.1) is 0 Å². The molecular weight excluding hydrogens is 682 g/mol. The second-order valence-electron chi connectivity index (χ2n) is 11.4. The van der Waals surface area contributed by atoms with Crippen LogP contribution in [0.3, 0.4) is 0 Å². The number of hydrogen-bond acceptors (Lipinski definition) is 7. The van der Waals surface area contributed by atoms with Crippen LogP contribution in [0.25, 0.3) is 10.4 Å². The monoisotopic (exact) mass is 712 g/mol. The van der Waals surface area contributed by atoms with E-state index in [1.807, 2.05) is 0 Å². The summed E-state index contributed by atoms with van der Waals surface area (Å²) < 4.78 is 92.8. The Hall–Kier alpha value is -5.57. The van der Waals surface area contributed by atoms with E-state index in [0.29, 0.717) is 41.0 Å². The fourth-order valence-electron chi connectivity index (χ4n) is 5.46. The van der Waals surface area contributed by atoms with Gasteiger partial charge in [-0.1, -0.05) is 59.7 Å². The van der Waals surface area contributed by atoms with Gasteiger partial charge in [-0.05, 0) is 64.7 Å². The number of amides is 1. The van der Waals surface area contributed by atoms with Gasteiger partial charge in [0.15, 0.2) is 11.6 Å². The fourth-order valence-corrected chi connectivity index (χ4v) is 5.46. The molecule has 0 unspecified atom stereocenters. The van der Waals surface area contributed by atoms with Crippen molar-refractivity contribution in [2.75, 3.05) is 13.2 Å². The first kappa shape index (κ1) is 36.7. The topological polar surface area (TPSA) is 141 Å². The molecule has 51 heavy (non-hydrogen) atoms. The average molecular weight is 713 g/mol. The number of rotatable bonds is 13. The maximum atomic E-state index is 14.4. The normalized spacial score (nSPS) is 17.2. The lowest BCUT2D eigenvalue weighted by Gasteiger charge is -2.31. The van der Waals surface area contributed by atoms with E-state index in [-0.39, 0.29) is 37.3 Å². The molecule has 16 heteroatoms. The Kier molecular flexibility index (Phi) is 11.2. The van der Waals surface area contributed by atoms with Crippen LogP contribution in [-0.4, -0.2) is 35.7 Å². The third-order valence-corrected chi connectivity index (χ3v) is 7.88. The molecule has 0 fully saturated rings. The highest BCUT2D eigenvalue weighted by molar-refractivity contribution is 6.01. The number of hydrogen-bond donors (Lipinski definition) is 3. The van der Waals surface area contributed by atoms with Crippen molar-refractivity contribution in [3.05, 3.63) is 141 Å². The molecule has 0 aliphatic carbocycles. The smallest absolute Gasteiger partial charge is 0.416 e.